The van der Waals surface area contributed by atoms with Gasteiger partial charge >= 0.3 is 0 Å². The van der Waals surface area contributed by atoms with Crippen LogP contribution in [0.1, 0.15) is 21.5 Å². The second kappa shape index (κ2) is 8.68. The molecular formula is C21H19N3O4. The zero-order valence-electron chi connectivity index (χ0n) is 15.2. The summed E-state index contributed by atoms with van der Waals surface area (Å²) < 4.78 is 6.57. The standard InChI is InChI=1S/C21H19N3O4/c1-28-18-9-7-15(8-10-18)14-24-11-3-6-19(21(24)27)20(26)23-22-13-16-4-2-5-17(25)12-16/h2-13,25H,14H2,1H3,(H,23,26)/b22-13-. The monoisotopic (exact) mass is 377 g/mol. The van der Waals surface area contributed by atoms with Crippen LogP contribution in [0.15, 0.2) is 76.8 Å². The van der Waals surface area contributed by atoms with Crippen molar-refractivity contribution in [2.45, 2.75) is 6.54 Å². The van der Waals surface area contributed by atoms with Gasteiger partial charge in [-0.1, -0.05) is 24.3 Å². The predicted octanol–water partition coefficient (Wildman–Crippen LogP) is 2.37. The summed E-state index contributed by atoms with van der Waals surface area (Å²) in [5.41, 5.74) is 3.43. The van der Waals surface area contributed by atoms with Crippen molar-refractivity contribution in [3.63, 3.8) is 0 Å². The molecule has 1 amide bonds. The third-order valence-electron chi connectivity index (χ3n) is 4.03. The number of hydrogen-bond acceptors (Lipinski definition) is 5. The number of hydrazone groups is 1. The van der Waals surface area contributed by atoms with Crippen molar-refractivity contribution in [2.24, 2.45) is 5.10 Å². The number of phenols is 1. The topological polar surface area (TPSA) is 92.9 Å². The number of aromatic hydroxyl groups is 1. The Morgan fingerprint density at radius 1 is 1.18 bits per heavy atom. The Labute approximate surface area is 161 Å². The summed E-state index contributed by atoms with van der Waals surface area (Å²) in [6.07, 6.45) is 3.01. The second-order valence-electron chi connectivity index (χ2n) is 6.00. The number of nitrogens with one attached hydrogen (secondary N) is 1. The van der Waals surface area contributed by atoms with E-state index in [4.69, 9.17) is 4.74 Å². The number of carbonyl (C=O) groups is 1. The van der Waals surface area contributed by atoms with Crippen LogP contribution in [0.2, 0.25) is 0 Å². The fraction of sp³-hybridized carbons (Fsp3) is 0.0952. The van der Waals surface area contributed by atoms with Crippen LogP contribution in [0, 0.1) is 0 Å². The zero-order chi connectivity index (χ0) is 19.9. The largest absolute Gasteiger partial charge is 0.508 e. The average molecular weight is 377 g/mol. The summed E-state index contributed by atoms with van der Waals surface area (Å²) in [7, 11) is 1.59. The Morgan fingerprint density at radius 2 is 1.96 bits per heavy atom. The van der Waals surface area contributed by atoms with E-state index in [1.807, 2.05) is 24.3 Å². The van der Waals surface area contributed by atoms with Gasteiger partial charge in [0.05, 0.1) is 19.9 Å². The maximum Gasteiger partial charge on any atom is 0.276 e. The highest BCUT2D eigenvalue weighted by molar-refractivity contribution is 5.94. The molecule has 7 nitrogen and oxygen atoms in total. The SMILES string of the molecule is COc1ccc(Cn2cccc(C(=O)N/N=C\c3cccc(O)c3)c2=O)cc1. The average Bonchev–Trinajstić information content (AvgIpc) is 2.70. The molecule has 3 rings (SSSR count). The van der Waals surface area contributed by atoms with Gasteiger partial charge in [-0.15, -0.1) is 0 Å². The molecule has 0 unspecified atom stereocenters. The van der Waals surface area contributed by atoms with Crippen molar-refractivity contribution in [3.05, 3.63) is 93.9 Å². The lowest BCUT2D eigenvalue weighted by molar-refractivity contribution is 0.0953. The van der Waals surface area contributed by atoms with Crippen LogP contribution >= 0.6 is 0 Å². The Kier molecular flexibility index (Phi) is 5.86. The van der Waals surface area contributed by atoms with Gasteiger partial charge in [0.15, 0.2) is 0 Å². The molecule has 0 aliphatic rings. The highest BCUT2D eigenvalue weighted by Gasteiger charge is 2.11. The Hall–Kier alpha value is -3.87. The van der Waals surface area contributed by atoms with E-state index in [1.165, 1.54) is 29.0 Å². The van der Waals surface area contributed by atoms with Gasteiger partial charge in [0.2, 0.25) is 0 Å². The number of hydrogen-bond donors (Lipinski definition) is 2. The molecule has 7 heteroatoms. The van der Waals surface area contributed by atoms with Gasteiger partial charge in [-0.05, 0) is 47.5 Å². The number of phenolic OH excluding ortho intramolecular Hbond substituents is 1. The van der Waals surface area contributed by atoms with Crippen molar-refractivity contribution in [1.82, 2.24) is 9.99 Å². The summed E-state index contributed by atoms with van der Waals surface area (Å²) in [5, 5.41) is 13.3. The number of rotatable bonds is 6. The number of aromatic nitrogens is 1. The molecule has 0 aliphatic carbocycles. The van der Waals surface area contributed by atoms with Gasteiger partial charge in [0.25, 0.3) is 11.5 Å². The van der Waals surface area contributed by atoms with E-state index in [0.29, 0.717) is 12.1 Å². The van der Waals surface area contributed by atoms with Crippen molar-refractivity contribution < 1.29 is 14.6 Å². The van der Waals surface area contributed by atoms with Crippen molar-refractivity contribution >= 4 is 12.1 Å². The van der Waals surface area contributed by atoms with Crippen molar-refractivity contribution in [3.8, 4) is 11.5 Å². The highest BCUT2D eigenvalue weighted by Crippen LogP contribution is 2.12. The molecule has 0 spiro atoms. The first-order valence-corrected chi connectivity index (χ1v) is 8.51. The maximum absolute atomic E-state index is 12.6. The third kappa shape index (κ3) is 4.64. The van der Waals surface area contributed by atoms with Crippen LogP contribution in [0.5, 0.6) is 11.5 Å². The summed E-state index contributed by atoms with van der Waals surface area (Å²) in [4.78, 5) is 24.9. The number of ether oxygens (including phenoxy) is 1. The lowest BCUT2D eigenvalue weighted by Gasteiger charge is -2.08. The van der Waals surface area contributed by atoms with Crippen molar-refractivity contribution in [2.75, 3.05) is 7.11 Å². The van der Waals surface area contributed by atoms with E-state index >= 15 is 0 Å². The fourth-order valence-electron chi connectivity index (χ4n) is 2.59. The summed E-state index contributed by atoms with van der Waals surface area (Å²) in [6, 6.07) is 16.8. The van der Waals surface area contributed by atoms with Gasteiger partial charge in [0, 0.05) is 6.20 Å². The molecule has 0 atom stereocenters. The molecule has 2 aromatic carbocycles. The number of methoxy groups -OCH3 is 1. The lowest BCUT2D eigenvalue weighted by Crippen LogP contribution is -2.30. The molecule has 1 aromatic heterocycles. The van der Waals surface area contributed by atoms with E-state index < -0.39 is 11.5 Å². The molecular weight excluding hydrogens is 358 g/mol. The minimum atomic E-state index is -0.606. The van der Waals surface area contributed by atoms with E-state index in [1.54, 1.807) is 31.5 Å². The smallest absolute Gasteiger partial charge is 0.276 e. The van der Waals surface area contributed by atoms with E-state index in [-0.39, 0.29) is 11.3 Å². The molecule has 0 saturated heterocycles. The first-order chi connectivity index (χ1) is 13.6. The normalized spacial score (nSPS) is 10.8. The molecule has 0 bridgehead atoms. The summed E-state index contributed by atoms with van der Waals surface area (Å²) >= 11 is 0. The quantitative estimate of drug-likeness (QED) is 0.509. The molecule has 1 heterocycles. The molecule has 142 valence electrons. The van der Waals surface area contributed by atoms with Crippen LogP contribution < -0.4 is 15.7 Å². The van der Waals surface area contributed by atoms with Gasteiger partial charge in [-0.3, -0.25) is 9.59 Å². The van der Waals surface area contributed by atoms with Gasteiger partial charge in [-0.2, -0.15) is 5.10 Å². The van der Waals surface area contributed by atoms with Gasteiger partial charge in [-0.25, -0.2) is 5.43 Å². The van der Waals surface area contributed by atoms with Crippen LogP contribution in [-0.4, -0.2) is 28.9 Å². The van der Waals surface area contributed by atoms with E-state index in [2.05, 4.69) is 10.5 Å². The fourth-order valence-corrected chi connectivity index (χ4v) is 2.59. The van der Waals surface area contributed by atoms with Crippen LogP contribution in [0.25, 0.3) is 0 Å². The molecule has 0 saturated carbocycles. The maximum atomic E-state index is 12.6. The Bertz CT molecular complexity index is 1060. The van der Waals surface area contributed by atoms with E-state index in [0.717, 1.165) is 11.3 Å². The van der Waals surface area contributed by atoms with Crippen LogP contribution in [-0.2, 0) is 6.54 Å². The number of nitrogens with zero attached hydrogens (tertiary/aromatic N) is 2. The molecule has 28 heavy (non-hydrogen) atoms. The second-order valence-corrected chi connectivity index (χ2v) is 6.00. The number of benzene rings is 2. The van der Waals surface area contributed by atoms with Crippen LogP contribution in [0.4, 0.5) is 0 Å². The summed E-state index contributed by atoms with van der Waals surface area (Å²) in [6.45, 7) is 0.330. The number of carbonyl (C=O) groups excluding carboxylic acids is 1. The number of pyridine rings is 1. The Morgan fingerprint density at radius 3 is 2.68 bits per heavy atom. The minimum absolute atomic E-state index is 0.0101. The Balaban J connectivity index is 1.72. The van der Waals surface area contributed by atoms with E-state index in [9.17, 15) is 14.7 Å². The molecule has 0 aliphatic heterocycles. The zero-order valence-corrected chi connectivity index (χ0v) is 15.2. The first kappa shape index (κ1) is 18.9. The number of amides is 1. The first-order valence-electron chi connectivity index (χ1n) is 8.51. The summed E-state index contributed by atoms with van der Waals surface area (Å²) in [5.74, 6) is 0.221. The molecule has 0 fully saturated rings. The lowest BCUT2D eigenvalue weighted by atomic mass is 10.2. The van der Waals surface area contributed by atoms with Gasteiger partial charge < -0.3 is 14.4 Å². The predicted molar refractivity (Wildman–Crippen MR) is 106 cm³/mol. The molecule has 2 N–H and O–H groups in total. The minimum Gasteiger partial charge on any atom is -0.508 e. The highest BCUT2D eigenvalue weighted by atomic mass is 16.5. The molecule has 3 aromatic rings. The van der Waals surface area contributed by atoms with Crippen molar-refractivity contribution in [1.29, 1.82) is 0 Å². The molecule has 0 radical (unpaired) electrons. The van der Waals surface area contributed by atoms with Crippen LogP contribution in [0.3, 0.4) is 0 Å². The van der Waals surface area contributed by atoms with Gasteiger partial charge in [0.1, 0.15) is 17.1 Å². The third-order valence-corrected chi connectivity index (χ3v) is 4.03.